The van der Waals surface area contributed by atoms with Crippen LogP contribution in [0.15, 0.2) is 0 Å². The van der Waals surface area contributed by atoms with E-state index in [4.69, 9.17) is 5.11 Å². The van der Waals surface area contributed by atoms with E-state index in [-0.39, 0.29) is 12.3 Å². The zero-order valence-corrected chi connectivity index (χ0v) is 9.02. The maximum Gasteiger partial charge on any atom is 0.325 e. The number of carbonyl (C=O) groups is 3. The number of carboxylic acid groups (broad SMARTS) is 1. The summed E-state index contributed by atoms with van der Waals surface area (Å²) in [4.78, 5) is 34.6. The third kappa shape index (κ3) is 3.41. The molecule has 1 rings (SSSR count). The Balaban J connectivity index is 2.47. The van der Waals surface area contributed by atoms with E-state index in [0.29, 0.717) is 19.6 Å². The Morgan fingerprint density at radius 1 is 1.50 bits per heavy atom. The van der Waals surface area contributed by atoms with Crippen LogP contribution in [0.3, 0.4) is 0 Å². The number of nitrogens with one attached hydrogen (secondary N) is 2. The first-order chi connectivity index (χ1) is 7.50. The minimum absolute atomic E-state index is 0.0958. The smallest absolute Gasteiger partial charge is 0.325 e. The molecular formula is C9H15N3O4. The van der Waals surface area contributed by atoms with Crippen molar-refractivity contribution in [2.75, 3.05) is 19.6 Å². The molecule has 0 aromatic rings. The summed E-state index contributed by atoms with van der Waals surface area (Å²) in [5.74, 6) is -1.18. The summed E-state index contributed by atoms with van der Waals surface area (Å²) in [5, 5.41) is 13.6. The van der Waals surface area contributed by atoms with Gasteiger partial charge in [-0.15, -0.1) is 0 Å². The van der Waals surface area contributed by atoms with Crippen LogP contribution in [0.1, 0.15) is 13.3 Å². The van der Waals surface area contributed by atoms with Gasteiger partial charge in [0.1, 0.15) is 6.04 Å². The van der Waals surface area contributed by atoms with Crippen molar-refractivity contribution >= 4 is 17.9 Å². The van der Waals surface area contributed by atoms with Gasteiger partial charge in [0.2, 0.25) is 5.91 Å². The molecule has 3 N–H and O–H groups in total. The molecule has 1 heterocycles. The highest BCUT2D eigenvalue weighted by Gasteiger charge is 2.21. The molecule has 16 heavy (non-hydrogen) atoms. The van der Waals surface area contributed by atoms with Crippen molar-refractivity contribution in [2.45, 2.75) is 19.4 Å². The van der Waals surface area contributed by atoms with Gasteiger partial charge in [0, 0.05) is 26.1 Å². The fourth-order valence-corrected chi connectivity index (χ4v) is 1.31. The van der Waals surface area contributed by atoms with E-state index < -0.39 is 18.0 Å². The number of aliphatic carboxylic acids is 1. The van der Waals surface area contributed by atoms with Gasteiger partial charge in [0.25, 0.3) is 0 Å². The van der Waals surface area contributed by atoms with Gasteiger partial charge in [-0.05, 0) is 6.92 Å². The van der Waals surface area contributed by atoms with Crippen LogP contribution in [-0.2, 0) is 9.59 Å². The normalized spacial score (nSPS) is 18.3. The van der Waals surface area contributed by atoms with Crippen molar-refractivity contribution in [1.29, 1.82) is 0 Å². The van der Waals surface area contributed by atoms with Crippen molar-refractivity contribution in [3.8, 4) is 0 Å². The van der Waals surface area contributed by atoms with Gasteiger partial charge in [-0.1, -0.05) is 0 Å². The Kier molecular flexibility index (Phi) is 4.10. The van der Waals surface area contributed by atoms with Crippen LogP contribution in [0.25, 0.3) is 0 Å². The average Bonchev–Trinajstić information content (AvgIpc) is 2.42. The molecule has 3 amide bonds. The molecule has 7 heteroatoms. The number of rotatable bonds is 2. The van der Waals surface area contributed by atoms with E-state index in [2.05, 4.69) is 10.6 Å². The van der Waals surface area contributed by atoms with Crippen LogP contribution in [0.2, 0.25) is 0 Å². The monoisotopic (exact) mass is 229 g/mol. The first-order valence-electron chi connectivity index (χ1n) is 5.05. The summed E-state index contributed by atoms with van der Waals surface area (Å²) < 4.78 is 0. The predicted molar refractivity (Wildman–Crippen MR) is 54.8 cm³/mol. The van der Waals surface area contributed by atoms with Crippen LogP contribution in [0.4, 0.5) is 4.79 Å². The molecule has 1 aliphatic rings. The number of nitrogens with zero attached hydrogens (tertiary/aromatic N) is 1. The van der Waals surface area contributed by atoms with Crippen LogP contribution < -0.4 is 10.6 Å². The van der Waals surface area contributed by atoms with Gasteiger partial charge < -0.3 is 20.6 Å². The van der Waals surface area contributed by atoms with Gasteiger partial charge in [-0.2, -0.15) is 0 Å². The summed E-state index contributed by atoms with van der Waals surface area (Å²) in [5.41, 5.74) is 0. The zero-order chi connectivity index (χ0) is 12.1. The Labute approximate surface area is 92.8 Å². The molecule has 1 atom stereocenters. The average molecular weight is 229 g/mol. The SMILES string of the molecule is C[C@H](NC(=O)N1CCNC(=O)CC1)C(=O)O. The van der Waals surface area contributed by atoms with Crippen LogP contribution >= 0.6 is 0 Å². The third-order valence-electron chi connectivity index (χ3n) is 2.31. The van der Waals surface area contributed by atoms with Gasteiger partial charge >= 0.3 is 12.0 Å². The molecule has 0 bridgehead atoms. The van der Waals surface area contributed by atoms with Crippen molar-refractivity contribution in [3.63, 3.8) is 0 Å². The maximum atomic E-state index is 11.6. The molecule has 7 nitrogen and oxygen atoms in total. The summed E-state index contributed by atoms with van der Waals surface area (Å²) >= 11 is 0. The van der Waals surface area contributed by atoms with Crippen LogP contribution in [0, 0.1) is 0 Å². The summed E-state index contributed by atoms with van der Waals surface area (Å²) in [7, 11) is 0. The number of amides is 3. The van der Waals surface area contributed by atoms with E-state index in [0.717, 1.165) is 0 Å². The number of hydrogen-bond acceptors (Lipinski definition) is 3. The molecule has 0 aliphatic carbocycles. The summed E-state index contributed by atoms with van der Waals surface area (Å²) in [6, 6.07) is -1.38. The third-order valence-corrected chi connectivity index (χ3v) is 2.31. The highest BCUT2D eigenvalue weighted by atomic mass is 16.4. The highest BCUT2D eigenvalue weighted by Crippen LogP contribution is 1.97. The summed E-state index contributed by atoms with van der Waals surface area (Å²) in [6.07, 6.45) is 0.245. The molecule has 0 aromatic heterocycles. The molecule has 0 radical (unpaired) electrons. The minimum Gasteiger partial charge on any atom is -0.480 e. The number of carboxylic acids is 1. The molecule has 0 unspecified atom stereocenters. The molecule has 0 saturated carbocycles. The van der Waals surface area contributed by atoms with E-state index in [1.54, 1.807) is 0 Å². The summed E-state index contributed by atoms with van der Waals surface area (Å²) in [6.45, 7) is 2.49. The van der Waals surface area contributed by atoms with Gasteiger partial charge in [0.05, 0.1) is 0 Å². The number of carbonyl (C=O) groups excluding carboxylic acids is 2. The Morgan fingerprint density at radius 3 is 2.81 bits per heavy atom. The lowest BCUT2D eigenvalue weighted by molar-refractivity contribution is -0.138. The minimum atomic E-state index is -1.09. The quantitative estimate of drug-likeness (QED) is 0.565. The second kappa shape index (κ2) is 5.34. The van der Waals surface area contributed by atoms with Crippen LogP contribution in [-0.4, -0.2) is 53.6 Å². The predicted octanol–water partition coefficient (Wildman–Crippen LogP) is -1.01. The Morgan fingerprint density at radius 2 is 2.19 bits per heavy atom. The molecule has 0 spiro atoms. The van der Waals surface area contributed by atoms with Gasteiger partial charge in [-0.25, -0.2) is 4.79 Å². The van der Waals surface area contributed by atoms with E-state index >= 15 is 0 Å². The second-order valence-corrected chi connectivity index (χ2v) is 3.60. The number of hydrogen-bond donors (Lipinski definition) is 3. The fraction of sp³-hybridized carbons (Fsp3) is 0.667. The Hall–Kier alpha value is -1.79. The lowest BCUT2D eigenvalue weighted by atomic mass is 10.3. The Bertz CT molecular complexity index is 305. The standard InChI is InChI=1S/C9H15N3O4/c1-6(8(14)15)11-9(16)12-4-2-7(13)10-3-5-12/h6H,2-5H2,1H3,(H,10,13)(H,11,16)(H,14,15)/t6-/m0/s1. The molecular weight excluding hydrogens is 214 g/mol. The molecule has 1 fully saturated rings. The topological polar surface area (TPSA) is 98.7 Å². The lowest BCUT2D eigenvalue weighted by Crippen LogP contribution is -2.47. The largest absolute Gasteiger partial charge is 0.480 e. The highest BCUT2D eigenvalue weighted by molar-refractivity contribution is 5.83. The molecule has 1 saturated heterocycles. The fourth-order valence-electron chi connectivity index (χ4n) is 1.31. The van der Waals surface area contributed by atoms with Crippen LogP contribution in [0.5, 0.6) is 0 Å². The zero-order valence-electron chi connectivity index (χ0n) is 9.02. The van der Waals surface area contributed by atoms with Crippen molar-refractivity contribution in [2.24, 2.45) is 0 Å². The van der Waals surface area contributed by atoms with Gasteiger partial charge in [-0.3, -0.25) is 9.59 Å². The van der Waals surface area contributed by atoms with Gasteiger partial charge in [0.15, 0.2) is 0 Å². The molecule has 1 aliphatic heterocycles. The van der Waals surface area contributed by atoms with E-state index in [9.17, 15) is 14.4 Å². The lowest BCUT2D eigenvalue weighted by Gasteiger charge is -2.21. The van der Waals surface area contributed by atoms with Crippen molar-refractivity contribution < 1.29 is 19.5 Å². The first-order valence-corrected chi connectivity index (χ1v) is 5.05. The van der Waals surface area contributed by atoms with Crippen molar-refractivity contribution in [3.05, 3.63) is 0 Å². The molecule has 90 valence electrons. The van der Waals surface area contributed by atoms with E-state index in [1.807, 2.05) is 0 Å². The van der Waals surface area contributed by atoms with E-state index in [1.165, 1.54) is 11.8 Å². The number of urea groups is 1. The first kappa shape index (κ1) is 12.3. The molecule has 0 aromatic carbocycles. The second-order valence-electron chi connectivity index (χ2n) is 3.60. The maximum absolute atomic E-state index is 11.6. The van der Waals surface area contributed by atoms with Crippen molar-refractivity contribution in [1.82, 2.24) is 15.5 Å².